The molecule has 1 fully saturated rings. The highest BCUT2D eigenvalue weighted by molar-refractivity contribution is 7.85. The maximum absolute atomic E-state index is 12.9. The number of alkyl carbamates (subject to hydrolysis) is 1. The van der Waals surface area contributed by atoms with Crippen molar-refractivity contribution in [3.05, 3.63) is 65.2 Å². The summed E-state index contributed by atoms with van der Waals surface area (Å²) in [5.74, 6) is 0.962. The van der Waals surface area contributed by atoms with Crippen LogP contribution in [0.1, 0.15) is 63.6 Å². The lowest BCUT2D eigenvalue weighted by Crippen LogP contribution is -2.48. The molecule has 2 atom stereocenters. The van der Waals surface area contributed by atoms with Gasteiger partial charge < -0.3 is 24.4 Å². The number of benzene rings is 2. The molecule has 0 radical (unpaired) electrons. The van der Waals surface area contributed by atoms with E-state index < -0.39 is 40.1 Å². The third-order valence-corrected chi connectivity index (χ3v) is 6.86. The van der Waals surface area contributed by atoms with Crippen molar-refractivity contribution in [1.82, 2.24) is 10.2 Å². The monoisotopic (exact) mass is 590 g/mol. The van der Waals surface area contributed by atoms with E-state index in [9.17, 15) is 18.0 Å². The molecule has 2 unspecified atom stereocenters. The van der Waals surface area contributed by atoms with E-state index in [2.05, 4.69) is 31.3 Å². The Bertz CT molecular complexity index is 1290. The third-order valence-electron chi connectivity index (χ3n) is 6.26. The van der Waals surface area contributed by atoms with E-state index in [0.717, 1.165) is 17.4 Å². The van der Waals surface area contributed by atoms with Crippen LogP contribution in [0.15, 0.2) is 48.5 Å². The summed E-state index contributed by atoms with van der Waals surface area (Å²) in [5, 5.41) is 2.91. The number of carbonyl (C=O) groups excluding carboxylic acids is 2. The molecule has 1 aliphatic heterocycles. The molecule has 11 heteroatoms. The second-order valence-corrected chi connectivity index (χ2v) is 13.2. The molecule has 0 spiro atoms. The van der Waals surface area contributed by atoms with Crippen molar-refractivity contribution in [1.29, 1.82) is 0 Å². The quantitative estimate of drug-likeness (QED) is 0.255. The smallest absolute Gasteiger partial charge is 0.410 e. The van der Waals surface area contributed by atoms with E-state index in [-0.39, 0.29) is 13.2 Å². The molecule has 1 aliphatic rings. The molecule has 0 aliphatic carbocycles. The number of ether oxygens (including phenoxy) is 3. The largest absolute Gasteiger partial charge is 0.493 e. The SMILES string of the molecule is CC(C)c1cccc(CN2CC(C(Cc3cccc(OCCCOS(C)(=O)=O)c3)NC(=O)OC(C)(C)C)OC2=O)c1. The average molecular weight is 591 g/mol. The van der Waals surface area contributed by atoms with E-state index in [1.165, 1.54) is 5.56 Å². The number of amides is 2. The molecular weight excluding hydrogens is 548 g/mol. The normalized spacial score (nSPS) is 16.4. The molecule has 1 N–H and O–H groups in total. The Balaban J connectivity index is 1.69. The van der Waals surface area contributed by atoms with E-state index >= 15 is 0 Å². The van der Waals surface area contributed by atoms with Crippen LogP contribution in [0.5, 0.6) is 5.75 Å². The van der Waals surface area contributed by atoms with Gasteiger partial charge in [0.2, 0.25) is 0 Å². The van der Waals surface area contributed by atoms with Gasteiger partial charge in [0.1, 0.15) is 17.5 Å². The predicted octanol–water partition coefficient (Wildman–Crippen LogP) is 5.01. The van der Waals surface area contributed by atoms with Crippen LogP contribution >= 0.6 is 0 Å². The Hall–Kier alpha value is -3.31. The molecular formula is C30H42N2O8S. The standard InChI is InChI=1S/C30H42N2O8S/c1-21(2)24-12-7-11-23(16-24)19-32-20-27(39-29(32)34)26(31-28(33)40-30(3,4)5)18-22-10-8-13-25(17-22)37-14-9-15-38-41(6,35)36/h7-8,10-13,16-17,21,26-27H,9,14-15,18-20H2,1-6H3,(H,31,33). The van der Waals surface area contributed by atoms with Crippen LogP contribution in [0.2, 0.25) is 0 Å². The van der Waals surface area contributed by atoms with Gasteiger partial charge in [0.25, 0.3) is 10.1 Å². The molecule has 226 valence electrons. The van der Waals surface area contributed by atoms with Crippen LogP contribution in [-0.4, -0.2) is 69.3 Å². The Morgan fingerprint density at radius 3 is 2.49 bits per heavy atom. The van der Waals surface area contributed by atoms with Gasteiger partial charge in [-0.05, 0) is 61.9 Å². The lowest BCUT2D eigenvalue weighted by Gasteiger charge is -2.26. The van der Waals surface area contributed by atoms with Crippen molar-refractivity contribution in [3.63, 3.8) is 0 Å². The molecule has 0 aromatic heterocycles. The van der Waals surface area contributed by atoms with Crippen molar-refractivity contribution in [3.8, 4) is 5.75 Å². The molecule has 10 nitrogen and oxygen atoms in total. The van der Waals surface area contributed by atoms with Crippen molar-refractivity contribution in [2.24, 2.45) is 0 Å². The summed E-state index contributed by atoms with van der Waals surface area (Å²) in [4.78, 5) is 27.2. The van der Waals surface area contributed by atoms with Gasteiger partial charge in [-0.15, -0.1) is 0 Å². The van der Waals surface area contributed by atoms with Crippen molar-refractivity contribution < 1.29 is 36.4 Å². The van der Waals surface area contributed by atoms with Gasteiger partial charge in [0.05, 0.1) is 32.1 Å². The Labute approximate surface area is 243 Å². The summed E-state index contributed by atoms with van der Waals surface area (Å²) in [6, 6.07) is 15.0. The highest BCUT2D eigenvalue weighted by Gasteiger charge is 2.38. The van der Waals surface area contributed by atoms with Gasteiger partial charge in [0.15, 0.2) is 0 Å². The minimum absolute atomic E-state index is 0.0335. The fraction of sp³-hybridized carbons (Fsp3) is 0.533. The Kier molecular flexibility index (Phi) is 11.0. The zero-order valence-corrected chi connectivity index (χ0v) is 25.5. The van der Waals surface area contributed by atoms with E-state index in [1.807, 2.05) is 30.3 Å². The average Bonchev–Trinajstić information content (AvgIpc) is 3.22. The summed E-state index contributed by atoms with van der Waals surface area (Å²) in [7, 11) is -3.49. The number of hydrogen-bond donors (Lipinski definition) is 1. The topological polar surface area (TPSA) is 120 Å². The Morgan fingerprint density at radius 2 is 1.80 bits per heavy atom. The van der Waals surface area contributed by atoms with Crippen molar-refractivity contribution in [2.45, 2.75) is 77.7 Å². The number of carbonyl (C=O) groups is 2. The zero-order chi connectivity index (χ0) is 30.2. The summed E-state index contributed by atoms with van der Waals surface area (Å²) in [6.45, 7) is 10.6. The molecule has 0 saturated carbocycles. The Morgan fingerprint density at radius 1 is 1.10 bits per heavy atom. The van der Waals surface area contributed by atoms with E-state index in [4.69, 9.17) is 18.4 Å². The molecule has 3 rings (SSSR count). The second-order valence-electron chi connectivity index (χ2n) is 11.5. The number of hydrogen-bond acceptors (Lipinski definition) is 8. The van der Waals surface area contributed by atoms with Gasteiger partial charge in [-0.3, -0.25) is 4.18 Å². The third kappa shape index (κ3) is 11.2. The first-order chi connectivity index (χ1) is 19.2. The molecule has 2 aromatic rings. The van der Waals surface area contributed by atoms with Crippen LogP contribution in [-0.2, 0) is 36.7 Å². The first-order valence-corrected chi connectivity index (χ1v) is 15.6. The summed E-state index contributed by atoms with van der Waals surface area (Å²) >= 11 is 0. The first kappa shape index (κ1) is 32.2. The van der Waals surface area contributed by atoms with Crippen LogP contribution in [0.4, 0.5) is 9.59 Å². The molecule has 2 aromatic carbocycles. The minimum Gasteiger partial charge on any atom is -0.493 e. The number of rotatable bonds is 13. The molecule has 0 bridgehead atoms. The minimum atomic E-state index is -3.49. The highest BCUT2D eigenvalue weighted by Crippen LogP contribution is 2.23. The fourth-order valence-electron chi connectivity index (χ4n) is 4.35. The van der Waals surface area contributed by atoms with E-state index in [1.54, 1.807) is 31.7 Å². The fourth-order valence-corrected chi connectivity index (χ4v) is 4.77. The highest BCUT2D eigenvalue weighted by atomic mass is 32.2. The van der Waals surface area contributed by atoms with Crippen LogP contribution in [0, 0.1) is 0 Å². The first-order valence-electron chi connectivity index (χ1n) is 13.8. The molecule has 1 heterocycles. The summed E-state index contributed by atoms with van der Waals surface area (Å²) < 4.78 is 44.0. The maximum Gasteiger partial charge on any atom is 0.410 e. The van der Waals surface area contributed by atoms with Crippen molar-refractivity contribution in [2.75, 3.05) is 26.0 Å². The van der Waals surface area contributed by atoms with Crippen LogP contribution in [0.3, 0.4) is 0 Å². The summed E-state index contributed by atoms with van der Waals surface area (Å²) in [5.41, 5.74) is 2.37. The van der Waals surface area contributed by atoms with Crippen LogP contribution in [0.25, 0.3) is 0 Å². The summed E-state index contributed by atoms with van der Waals surface area (Å²) in [6.07, 6.45) is 0.135. The lowest BCUT2D eigenvalue weighted by atomic mass is 10.00. The van der Waals surface area contributed by atoms with E-state index in [0.29, 0.717) is 37.6 Å². The second kappa shape index (κ2) is 14.0. The van der Waals surface area contributed by atoms with Gasteiger partial charge in [-0.2, -0.15) is 8.42 Å². The van der Waals surface area contributed by atoms with Crippen molar-refractivity contribution >= 4 is 22.3 Å². The zero-order valence-electron chi connectivity index (χ0n) is 24.7. The van der Waals surface area contributed by atoms with Gasteiger partial charge >= 0.3 is 12.2 Å². The maximum atomic E-state index is 12.9. The molecule has 2 amide bonds. The molecule has 41 heavy (non-hydrogen) atoms. The van der Waals surface area contributed by atoms with Crippen LogP contribution < -0.4 is 10.1 Å². The van der Waals surface area contributed by atoms with Gasteiger partial charge in [0, 0.05) is 13.0 Å². The number of nitrogens with zero attached hydrogens (tertiary/aromatic N) is 1. The number of cyclic esters (lactones) is 1. The lowest BCUT2D eigenvalue weighted by molar-refractivity contribution is 0.0436. The number of nitrogens with one attached hydrogen (secondary N) is 1. The predicted molar refractivity (Wildman–Crippen MR) is 155 cm³/mol. The van der Waals surface area contributed by atoms with Gasteiger partial charge in [-0.25, -0.2) is 9.59 Å². The van der Waals surface area contributed by atoms with Gasteiger partial charge in [-0.1, -0.05) is 50.2 Å². The molecule has 1 saturated heterocycles.